The summed E-state index contributed by atoms with van der Waals surface area (Å²) in [6.45, 7) is 4.98. The Morgan fingerprint density at radius 3 is 2.67 bits per heavy atom. The van der Waals surface area contributed by atoms with E-state index in [9.17, 15) is 4.79 Å². The maximum atomic E-state index is 12.3. The van der Waals surface area contributed by atoms with Crippen molar-refractivity contribution in [2.24, 2.45) is 5.73 Å². The zero-order valence-corrected chi connectivity index (χ0v) is 13.0. The lowest BCUT2D eigenvalue weighted by molar-refractivity contribution is 0.0780. The third-order valence-corrected chi connectivity index (χ3v) is 3.53. The van der Waals surface area contributed by atoms with Crippen LogP contribution in [0.1, 0.15) is 29.3 Å². The van der Waals surface area contributed by atoms with Gasteiger partial charge < -0.3 is 10.6 Å². The molecule has 3 nitrogen and oxygen atoms in total. The van der Waals surface area contributed by atoms with Crippen LogP contribution < -0.4 is 5.73 Å². The number of aryl methyl sites for hydroxylation is 1. The molecular weight excluding hydrogens is 312 g/mol. The predicted octanol–water partition coefficient (Wildman–Crippen LogP) is 2.90. The molecule has 2 N–H and O–H groups in total. The number of carbonyl (C=O) groups is 1. The molecule has 0 spiro atoms. The summed E-state index contributed by atoms with van der Waals surface area (Å²) >= 11 is 8.31. The molecule has 0 aliphatic rings. The van der Waals surface area contributed by atoms with E-state index in [0.29, 0.717) is 23.6 Å². The molecule has 0 radical (unpaired) electrons. The lowest BCUT2D eigenvalue weighted by Gasteiger charge is -2.21. The molecule has 0 bridgehead atoms. The van der Waals surface area contributed by atoms with Crippen LogP contribution in [0.2, 0.25) is 0 Å². The molecule has 0 fully saturated rings. The van der Waals surface area contributed by atoms with Gasteiger partial charge in [0.25, 0.3) is 5.91 Å². The molecule has 1 rings (SSSR count). The second-order valence-corrected chi connectivity index (χ2v) is 5.54. The molecule has 0 aromatic heterocycles. The molecule has 5 heteroatoms. The van der Waals surface area contributed by atoms with Crippen LogP contribution in [-0.4, -0.2) is 28.9 Å². The fraction of sp³-hybridized carbons (Fsp3) is 0.385. The Morgan fingerprint density at radius 2 is 2.17 bits per heavy atom. The molecule has 0 heterocycles. The standard InChI is InChI=1S/C13H17BrN2OS/c1-3-6-16(8-12(15)18)13(17)10-5-4-9(2)11(14)7-10/h4-5,7H,3,6,8H2,1-2H3,(H2,15,18). The first-order chi connectivity index (χ1) is 8.45. The van der Waals surface area contributed by atoms with Gasteiger partial charge in [0, 0.05) is 16.6 Å². The van der Waals surface area contributed by atoms with Crippen molar-refractivity contribution in [3.63, 3.8) is 0 Å². The first-order valence-electron chi connectivity index (χ1n) is 5.79. The van der Waals surface area contributed by atoms with Gasteiger partial charge in [-0.1, -0.05) is 41.1 Å². The number of amides is 1. The van der Waals surface area contributed by atoms with Gasteiger partial charge in [-0.05, 0) is 31.0 Å². The number of nitrogens with zero attached hydrogens (tertiary/aromatic N) is 1. The van der Waals surface area contributed by atoms with Crippen molar-refractivity contribution in [1.29, 1.82) is 0 Å². The first-order valence-corrected chi connectivity index (χ1v) is 6.99. The van der Waals surface area contributed by atoms with E-state index in [1.54, 1.807) is 4.90 Å². The predicted molar refractivity (Wildman–Crippen MR) is 81.9 cm³/mol. The molecular formula is C13H17BrN2OS. The first kappa shape index (κ1) is 15.1. The van der Waals surface area contributed by atoms with E-state index in [1.165, 1.54) is 0 Å². The number of halogens is 1. The molecule has 0 aliphatic heterocycles. The highest BCUT2D eigenvalue weighted by Gasteiger charge is 2.16. The zero-order chi connectivity index (χ0) is 13.7. The summed E-state index contributed by atoms with van der Waals surface area (Å²) in [7, 11) is 0. The summed E-state index contributed by atoms with van der Waals surface area (Å²) in [4.78, 5) is 14.3. The number of hydrogen-bond donors (Lipinski definition) is 1. The molecule has 0 unspecified atom stereocenters. The lowest BCUT2D eigenvalue weighted by Crippen LogP contribution is -2.38. The topological polar surface area (TPSA) is 46.3 Å². The van der Waals surface area contributed by atoms with Gasteiger partial charge in [-0.3, -0.25) is 4.79 Å². The average molecular weight is 329 g/mol. The highest BCUT2D eigenvalue weighted by molar-refractivity contribution is 9.10. The molecule has 0 atom stereocenters. The van der Waals surface area contributed by atoms with Crippen LogP contribution in [0.25, 0.3) is 0 Å². The zero-order valence-electron chi connectivity index (χ0n) is 10.6. The van der Waals surface area contributed by atoms with Crippen molar-refractivity contribution in [3.05, 3.63) is 33.8 Å². The van der Waals surface area contributed by atoms with Gasteiger partial charge in [0.05, 0.1) is 11.5 Å². The van der Waals surface area contributed by atoms with Crippen LogP contribution in [0, 0.1) is 6.92 Å². The van der Waals surface area contributed by atoms with E-state index < -0.39 is 0 Å². The quantitative estimate of drug-likeness (QED) is 0.845. The average Bonchev–Trinajstić information content (AvgIpc) is 2.31. The Bertz CT molecular complexity index is 462. The lowest BCUT2D eigenvalue weighted by atomic mass is 10.1. The van der Waals surface area contributed by atoms with Crippen molar-refractivity contribution in [2.45, 2.75) is 20.3 Å². The van der Waals surface area contributed by atoms with E-state index >= 15 is 0 Å². The Kier molecular flexibility index (Phi) is 5.75. The summed E-state index contributed by atoms with van der Waals surface area (Å²) in [6.07, 6.45) is 0.876. The molecule has 98 valence electrons. The number of benzene rings is 1. The molecule has 1 aromatic rings. The van der Waals surface area contributed by atoms with Crippen LogP contribution >= 0.6 is 28.1 Å². The number of hydrogen-bond acceptors (Lipinski definition) is 2. The van der Waals surface area contributed by atoms with Crippen LogP contribution in [0.5, 0.6) is 0 Å². The van der Waals surface area contributed by atoms with Gasteiger partial charge in [-0.25, -0.2) is 0 Å². The third kappa shape index (κ3) is 4.07. The SMILES string of the molecule is CCCN(CC(N)=S)C(=O)c1ccc(C)c(Br)c1. The minimum Gasteiger partial charge on any atom is -0.392 e. The van der Waals surface area contributed by atoms with Crippen molar-refractivity contribution in [3.8, 4) is 0 Å². The van der Waals surface area contributed by atoms with Gasteiger partial charge in [-0.15, -0.1) is 0 Å². The highest BCUT2D eigenvalue weighted by atomic mass is 79.9. The van der Waals surface area contributed by atoms with Crippen molar-refractivity contribution >= 4 is 39.0 Å². The van der Waals surface area contributed by atoms with Gasteiger partial charge in [-0.2, -0.15) is 0 Å². The van der Waals surface area contributed by atoms with Crippen molar-refractivity contribution < 1.29 is 4.79 Å². The van der Waals surface area contributed by atoms with Crippen LogP contribution in [0.3, 0.4) is 0 Å². The van der Waals surface area contributed by atoms with Crippen molar-refractivity contribution in [2.75, 3.05) is 13.1 Å². The second kappa shape index (κ2) is 6.85. The number of thiocarbonyl (C=S) groups is 1. The van der Waals surface area contributed by atoms with Gasteiger partial charge in [0.1, 0.15) is 0 Å². The summed E-state index contributed by atoms with van der Waals surface area (Å²) in [6, 6.07) is 5.58. The molecule has 18 heavy (non-hydrogen) atoms. The molecule has 0 saturated carbocycles. The van der Waals surface area contributed by atoms with Crippen LogP contribution in [-0.2, 0) is 0 Å². The number of nitrogens with two attached hydrogens (primary N) is 1. The fourth-order valence-electron chi connectivity index (χ4n) is 1.62. The Labute approximate surface area is 121 Å². The third-order valence-electron chi connectivity index (χ3n) is 2.55. The molecule has 0 aliphatic carbocycles. The highest BCUT2D eigenvalue weighted by Crippen LogP contribution is 2.18. The Balaban J connectivity index is 2.93. The number of carbonyl (C=O) groups excluding carboxylic acids is 1. The molecule has 0 saturated heterocycles. The smallest absolute Gasteiger partial charge is 0.254 e. The largest absolute Gasteiger partial charge is 0.392 e. The summed E-state index contributed by atoms with van der Waals surface area (Å²) in [5.41, 5.74) is 7.27. The van der Waals surface area contributed by atoms with Gasteiger partial charge >= 0.3 is 0 Å². The fourth-order valence-corrected chi connectivity index (χ4v) is 2.15. The monoisotopic (exact) mass is 328 g/mol. The second-order valence-electron chi connectivity index (χ2n) is 4.16. The van der Waals surface area contributed by atoms with Crippen LogP contribution in [0.15, 0.2) is 22.7 Å². The molecule has 1 amide bonds. The Morgan fingerprint density at radius 1 is 1.50 bits per heavy atom. The van der Waals surface area contributed by atoms with Crippen molar-refractivity contribution in [1.82, 2.24) is 4.90 Å². The van der Waals surface area contributed by atoms with E-state index in [-0.39, 0.29) is 5.91 Å². The van der Waals surface area contributed by atoms with E-state index in [1.807, 2.05) is 32.0 Å². The normalized spacial score (nSPS) is 10.2. The minimum absolute atomic E-state index is 0.0367. The van der Waals surface area contributed by atoms with E-state index in [4.69, 9.17) is 18.0 Å². The maximum absolute atomic E-state index is 12.3. The minimum atomic E-state index is -0.0367. The number of rotatable bonds is 5. The summed E-state index contributed by atoms with van der Waals surface area (Å²) in [5.74, 6) is -0.0367. The molecule has 1 aromatic carbocycles. The van der Waals surface area contributed by atoms with Gasteiger partial charge in [0.15, 0.2) is 0 Å². The van der Waals surface area contributed by atoms with E-state index in [2.05, 4.69) is 15.9 Å². The maximum Gasteiger partial charge on any atom is 0.254 e. The Hall–Kier alpha value is -0.940. The summed E-state index contributed by atoms with van der Waals surface area (Å²) < 4.78 is 0.931. The van der Waals surface area contributed by atoms with Crippen LogP contribution in [0.4, 0.5) is 0 Å². The van der Waals surface area contributed by atoms with Gasteiger partial charge in [0.2, 0.25) is 0 Å². The summed E-state index contributed by atoms with van der Waals surface area (Å²) in [5, 5.41) is 0. The van der Waals surface area contributed by atoms with E-state index in [0.717, 1.165) is 16.5 Å².